The fourth-order valence-electron chi connectivity index (χ4n) is 5.82. The van der Waals surface area contributed by atoms with Gasteiger partial charge in [-0.25, -0.2) is 22.5 Å². The fraction of sp³-hybridized carbons (Fsp3) is 0.552. The van der Waals surface area contributed by atoms with Gasteiger partial charge >= 0.3 is 6.09 Å². The number of hydrogen-bond acceptors (Lipinski definition) is 8. The number of nitrogens with two attached hydrogens (primary N) is 1. The number of ether oxygens (including phenoxy) is 1. The molecule has 2 fully saturated rings. The van der Waals surface area contributed by atoms with Crippen LogP contribution in [0.5, 0.6) is 0 Å². The van der Waals surface area contributed by atoms with Gasteiger partial charge in [-0.1, -0.05) is 37.6 Å². The van der Waals surface area contributed by atoms with Gasteiger partial charge < -0.3 is 15.8 Å². The number of carbonyl (C=O) groups is 2. The topological polar surface area (TPSA) is 135 Å². The van der Waals surface area contributed by atoms with Crippen LogP contribution in [0.1, 0.15) is 57.1 Å². The minimum absolute atomic E-state index is 0.0419. The Morgan fingerprint density at radius 1 is 1.21 bits per heavy atom. The number of amides is 2. The van der Waals surface area contributed by atoms with Gasteiger partial charge in [0.15, 0.2) is 0 Å². The summed E-state index contributed by atoms with van der Waals surface area (Å²) in [5, 5.41) is 3.41. The molecule has 4 rings (SSSR count). The van der Waals surface area contributed by atoms with Gasteiger partial charge in [-0.15, -0.1) is 0 Å². The molecule has 230 valence electrons. The molecule has 1 aromatic carbocycles. The van der Waals surface area contributed by atoms with E-state index in [0.29, 0.717) is 31.0 Å². The van der Waals surface area contributed by atoms with Gasteiger partial charge in [-0.2, -0.15) is 4.31 Å². The lowest BCUT2D eigenvalue weighted by Crippen LogP contribution is -2.59. The zero-order valence-corrected chi connectivity index (χ0v) is 25.9. The smallest absolute Gasteiger partial charge is 0.421 e. The molecule has 1 aliphatic carbocycles. The quantitative estimate of drug-likeness (QED) is 0.408. The Hall–Kier alpha value is -2.64. The van der Waals surface area contributed by atoms with E-state index >= 15 is 4.39 Å². The molecule has 4 atom stereocenters. The second-order valence-electron chi connectivity index (χ2n) is 11.4. The fourth-order valence-corrected chi connectivity index (χ4v) is 8.19. The lowest BCUT2D eigenvalue weighted by atomic mass is 9.82. The van der Waals surface area contributed by atoms with Crippen molar-refractivity contribution >= 4 is 39.3 Å². The predicted molar refractivity (Wildman–Crippen MR) is 159 cm³/mol. The third-order valence-corrected chi connectivity index (χ3v) is 10.8. The normalized spacial score (nSPS) is 21.1. The summed E-state index contributed by atoms with van der Waals surface area (Å²) in [6, 6.07) is 5.07. The second-order valence-corrected chi connectivity index (χ2v) is 13.9. The van der Waals surface area contributed by atoms with E-state index in [1.54, 1.807) is 28.6 Å². The van der Waals surface area contributed by atoms with E-state index in [2.05, 4.69) is 10.3 Å². The van der Waals surface area contributed by atoms with Crippen molar-refractivity contribution in [1.29, 1.82) is 0 Å². The highest BCUT2D eigenvalue weighted by molar-refractivity contribution is 7.90. The van der Waals surface area contributed by atoms with E-state index in [4.69, 9.17) is 22.1 Å². The van der Waals surface area contributed by atoms with E-state index < -0.39 is 45.8 Å². The number of pyridine rings is 1. The van der Waals surface area contributed by atoms with Crippen LogP contribution in [0.2, 0.25) is 5.02 Å². The van der Waals surface area contributed by atoms with Crippen molar-refractivity contribution in [2.24, 2.45) is 11.7 Å². The van der Waals surface area contributed by atoms with Gasteiger partial charge in [-0.3, -0.25) is 9.78 Å². The first-order valence-corrected chi connectivity index (χ1v) is 16.0. The number of nitrogens with one attached hydrogen (secondary N) is 1. The summed E-state index contributed by atoms with van der Waals surface area (Å²) in [6.45, 7) is 6.59. The number of benzene rings is 1. The summed E-state index contributed by atoms with van der Waals surface area (Å²) < 4.78 is 48.4. The average molecular weight is 624 g/mol. The summed E-state index contributed by atoms with van der Waals surface area (Å²) in [4.78, 5) is 31.7. The van der Waals surface area contributed by atoms with Gasteiger partial charge in [0.25, 0.3) is 5.91 Å². The molecule has 2 aromatic rings. The number of sulfonamides is 1. The Kier molecular flexibility index (Phi) is 10.2. The minimum atomic E-state index is -3.49. The number of halogens is 2. The Bertz CT molecular complexity index is 1390. The molecular formula is C29H39ClFN5O5S. The Labute approximate surface area is 251 Å². The number of carbonyl (C=O) groups excluding carboxylic acids is 2. The summed E-state index contributed by atoms with van der Waals surface area (Å²) in [6.07, 6.45) is 2.77. The molecule has 3 N–H and O–H groups in total. The van der Waals surface area contributed by atoms with E-state index in [1.807, 2.05) is 20.8 Å². The van der Waals surface area contributed by atoms with E-state index in [-0.39, 0.29) is 41.3 Å². The molecule has 1 saturated carbocycles. The minimum Gasteiger partial charge on any atom is -0.452 e. The van der Waals surface area contributed by atoms with Crippen molar-refractivity contribution in [1.82, 2.24) is 14.6 Å². The zero-order chi connectivity index (χ0) is 30.8. The number of rotatable bonds is 10. The van der Waals surface area contributed by atoms with Crippen LogP contribution in [0.25, 0.3) is 0 Å². The van der Waals surface area contributed by atoms with Crippen molar-refractivity contribution in [3.63, 3.8) is 0 Å². The number of imide groups is 1. The maximum atomic E-state index is 15.4. The van der Waals surface area contributed by atoms with Crippen LogP contribution in [0, 0.1) is 11.7 Å². The third kappa shape index (κ3) is 6.78. The molecule has 0 radical (unpaired) electrons. The third-order valence-electron chi connectivity index (χ3n) is 8.03. The van der Waals surface area contributed by atoms with Gasteiger partial charge in [-0.05, 0) is 56.2 Å². The predicted octanol–water partition coefficient (Wildman–Crippen LogP) is 3.83. The van der Waals surface area contributed by atoms with Gasteiger partial charge in [0.2, 0.25) is 10.0 Å². The van der Waals surface area contributed by atoms with Crippen LogP contribution in [-0.4, -0.2) is 73.3 Å². The molecule has 13 heteroatoms. The number of piperazine rings is 1. The van der Waals surface area contributed by atoms with Crippen LogP contribution >= 0.6 is 11.6 Å². The summed E-state index contributed by atoms with van der Waals surface area (Å²) in [7, 11) is -2.37. The van der Waals surface area contributed by atoms with Crippen molar-refractivity contribution in [3.8, 4) is 0 Å². The largest absolute Gasteiger partial charge is 0.452 e. The van der Waals surface area contributed by atoms with Crippen molar-refractivity contribution in [2.75, 3.05) is 25.1 Å². The highest BCUT2D eigenvalue weighted by Gasteiger charge is 2.46. The average Bonchev–Trinajstić information content (AvgIpc) is 3.80. The van der Waals surface area contributed by atoms with Crippen molar-refractivity contribution < 1.29 is 27.1 Å². The number of nitrogens with zero attached hydrogens (tertiary/aromatic N) is 3. The Morgan fingerprint density at radius 3 is 2.48 bits per heavy atom. The molecule has 0 bridgehead atoms. The highest BCUT2D eigenvalue weighted by Crippen LogP contribution is 2.36. The van der Waals surface area contributed by atoms with E-state index in [9.17, 15) is 18.0 Å². The van der Waals surface area contributed by atoms with Crippen LogP contribution in [0.15, 0.2) is 36.7 Å². The number of anilines is 1. The molecule has 1 saturated heterocycles. The molecule has 1 aromatic heterocycles. The molecule has 0 unspecified atom stereocenters. The molecule has 42 heavy (non-hydrogen) atoms. The molecule has 2 heterocycles. The van der Waals surface area contributed by atoms with E-state index in [0.717, 1.165) is 23.8 Å². The molecule has 10 nitrogen and oxygen atoms in total. The summed E-state index contributed by atoms with van der Waals surface area (Å²) >= 11 is 6.06. The van der Waals surface area contributed by atoms with Crippen molar-refractivity contribution in [3.05, 3.63) is 58.6 Å². The first-order valence-electron chi connectivity index (χ1n) is 14.2. The summed E-state index contributed by atoms with van der Waals surface area (Å²) in [5.41, 5.74) is 7.25. The maximum absolute atomic E-state index is 15.4. The van der Waals surface area contributed by atoms with Crippen LogP contribution in [0.4, 0.5) is 14.9 Å². The summed E-state index contributed by atoms with van der Waals surface area (Å²) in [5.74, 6) is -2.11. The lowest BCUT2D eigenvalue weighted by molar-refractivity contribution is -0.120. The molecule has 1 aliphatic heterocycles. The van der Waals surface area contributed by atoms with Crippen LogP contribution in [-0.2, 0) is 26.0 Å². The lowest BCUT2D eigenvalue weighted by Gasteiger charge is -2.40. The Balaban J connectivity index is 1.66. The second kappa shape index (κ2) is 13.3. The number of aromatic nitrogens is 1. The standard InChI is InChI=1S/C29H39ClFN5O5S/c1-17(2)26(19-5-7-20(30)8-6-19)27(32)28(37)35(29(38)41-4)25-16-34-15-24(31)23(25)12-9-21-14-33-13-18(3)36(21)42(39,40)22-10-11-22/h5-8,15-18,21-22,26-27,33H,9-14,32H2,1-4H3/t18-,21+,26-,27+/m1/s1. The first-order chi connectivity index (χ1) is 19.9. The van der Waals surface area contributed by atoms with Crippen molar-refractivity contribution in [2.45, 2.75) is 75.7 Å². The zero-order valence-electron chi connectivity index (χ0n) is 24.3. The van der Waals surface area contributed by atoms with Gasteiger partial charge in [0, 0.05) is 41.7 Å². The van der Waals surface area contributed by atoms with E-state index in [1.165, 1.54) is 6.20 Å². The molecular weight excluding hydrogens is 585 g/mol. The SMILES string of the molecule is COC(=O)N(C(=O)[C@@H](N)[C@@H](c1ccc(Cl)cc1)C(C)C)c1cncc(F)c1CC[C@H]1CNC[C@@H](C)N1S(=O)(=O)C1CC1. The first kappa shape index (κ1) is 32.3. The van der Waals surface area contributed by atoms with Gasteiger partial charge in [0.1, 0.15) is 5.82 Å². The van der Waals surface area contributed by atoms with Crippen LogP contribution in [0.3, 0.4) is 0 Å². The van der Waals surface area contributed by atoms with Gasteiger partial charge in [0.05, 0.1) is 36.5 Å². The molecule has 2 aliphatic rings. The molecule has 2 amide bonds. The maximum Gasteiger partial charge on any atom is 0.421 e. The monoisotopic (exact) mass is 623 g/mol. The number of hydrogen-bond donors (Lipinski definition) is 2. The molecule has 0 spiro atoms. The van der Waals surface area contributed by atoms with Crippen LogP contribution < -0.4 is 16.0 Å². The highest BCUT2D eigenvalue weighted by atomic mass is 35.5. The Morgan fingerprint density at radius 2 is 1.88 bits per heavy atom. The number of methoxy groups -OCH3 is 1.